The number of hydrogen-bond acceptors (Lipinski definition) is 4. The lowest BCUT2D eigenvalue weighted by Gasteiger charge is -2.02. The molecule has 1 aliphatic heterocycles. The minimum atomic E-state index is -0.0460. The Balaban J connectivity index is 2.12. The van der Waals surface area contributed by atoms with E-state index in [-0.39, 0.29) is 6.04 Å². The van der Waals surface area contributed by atoms with E-state index in [0.717, 1.165) is 17.4 Å². The molecule has 0 spiro atoms. The maximum absolute atomic E-state index is 5.69. The predicted octanol–water partition coefficient (Wildman–Crippen LogP) is 1.91. The second-order valence-electron chi connectivity index (χ2n) is 3.45. The van der Waals surface area contributed by atoms with Gasteiger partial charge in [0, 0.05) is 11.7 Å². The van der Waals surface area contributed by atoms with Crippen molar-refractivity contribution in [3.63, 3.8) is 0 Å². The van der Waals surface area contributed by atoms with Crippen molar-refractivity contribution >= 4 is 11.8 Å². The smallest absolute Gasteiger partial charge is 0.198 e. The van der Waals surface area contributed by atoms with Gasteiger partial charge in [-0.15, -0.1) is 0 Å². The van der Waals surface area contributed by atoms with E-state index in [1.807, 2.05) is 18.7 Å². The molecule has 1 fully saturated rings. The zero-order valence-corrected chi connectivity index (χ0v) is 8.51. The summed E-state index contributed by atoms with van der Waals surface area (Å²) in [6.07, 6.45) is 2.94. The van der Waals surface area contributed by atoms with Crippen LogP contribution in [0.2, 0.25) is 0 Å². The Morgan fingerprint density at radius 1 is 1.77 bits per heavy atom. The molecule has 1 aromatic rings. The molecule has 1 aliphatic rings. The molecule has 4 heteroatoms. The minimum Gasteiger partial charge on any atom is -0.444 e. The molecule has 2 heterocycles. The van der Waals surface area contributed by atoms with Crippen LogP contribution in [0.1, 0.15) is 37.0 Å². The molecule has 13 heavy (non-hydrogen) atoms. The summed E-state index contributed by atoms with van der Waals surface area (Å²) in [5.41, 5.74) is 5.69. The van der Waals surface area contributed by atoms with E-state index in [2.05, 4.69) is 4.98 Å². The van der Waals surface area contributed by atoms with Crippen molar-refractivity contribution in [2.75, 3.05) is 11.5 Å². The average molecular weight is 198 g/mol. The second kappa shape index (κ2) is 3.72. The molecule has 72 valence electrons. The summed E-state index contributed by atoms with van der Waals surface area (Å²) in [6.45, 7) is 1.91. The lowest BCUT2D eigenvalue weighted by molar-refractivity contribution is 0.412. The number of nitrogens with zero attached hydrogens (tertiary/aromatic N) is 1. The molecule has 2 N–H and O–H groups in total. The number of rotatable bonds is 2. The molecule has 2 unspecified atom stereocenters. The van der Waals surface area contributed by atoms with Crippen molar-refractivity contribution in [3.05, 3.63) is 17.8 Å². The van der Waals surface area contributed by atoms with E-state index in [0.29, 0.717) is 5.92 Å². The highest BCUT2D eigenvalue weighted by Crippen LogP contribution is 2.32. The van der Waals surface area contributed by atoms with E-state index in [4.69, 9.17) is 10.2 Å². The van der Waals surface area contributed by atoms with Crippen LogP contribution in [0, 0.1) is 0 Å². The van der Waals surface area contributed by atoms with Gasteiger partial charge in [-0.1, -0.05) is 0 Å². The molecule has 2 rings (SSSR count). The highest BCUT2D eigenvalue weighted by molar-refractivity contribution is 7.99. The molecule has 3 nitrogen and oxygen atoms in total. The van der Waals surface area contributed by atoms with E-state index >= 15 is 0 Å². The summed E-state index contributed by atoms with van der Waals surface area (Å²) in [7, 11) is 0. The third kappa shape index (κ3) is 1.89. The van der Waals surface area contributed by atoms with Gasteiger partial charge >= 0.3 is 0 Å². The molecule has 0 amide bonds. The van der Waals surface area contributed by atoms with Crippen LogP contribution in [-0.4, -0.2) is 16.5 Å². The van der Waals surface area contributed by atoms with E-state index < -0.39 is 0 Å². The van der Waals surface area contributed by atoms with E-state index in [1.165, 1.54) is 12.2 Å². The third-order valence-electron chi connectivity index (χ3n) is 2.27. The second-order valence-corrected chi connectivity index (χ2v) is 4.60. The van der Waals surface area contributed by atoms with Crippen LogP contribution in [0.25, 0.3) is 0 Å². The first-order chi connectivity index (χ1) is 6.27. The molecular formula is C9H14N2OS. The van der Waals surface area contributed by atoms with Crippen LogP contribution in [0.5, 0.6) is 0 Å². The van der Waals surface area contributed by atoms with Crippen molar-refractivity contribution in [1.82, 2.24) is 4.98 Å². The first-order valence-electron chi connectivity index (χ1n) is 4.56. The lowest BCUT2D eigenvalue weighted by atomic mass is 10.1. The maximum atomic E-state index is 5.69. The number of aromatic nitrogens is 1. The number of thioether (sulfide) groups is 1. The molecule has 0 aromatic carbocycles. The highest BCUT2D eigenvalue weighted by atomic mass is 32.2. The van der Waals surface area contributed by atoms with Crippen LogP contribution in [0.3, 0.4) is 0 Å². The van der Waals surface area contributed by atoms with Gasteiger partial charge in [0.05, 0.1) is 12.2 Å². The zero-order valence-electron chi connectivity index (χ0n) is 7.69. The van der Waals surface area contributed by atoms with Crippen LogP contribution in [0.15, 0.2) is 10.6 Å². The van der Waals surface area contributed by atoms with Crippen LogP contribution >= 0.6 is 11.8 Å². The molecular weight excluding hydrogens is 184 g/mol. The average Bonchev–Trinajstić information content (AvgIpc) is 2.75. The zero-order chi connectivity index (χ0) is 9.26. The van der Waals surface area contributed by atoms with Crippen LogP contribution < -0.4 is 5.73 Å². The number of nitrogens with two attached hydrogens (primary N) is 1. The van der Waals surface area contributed by atoms with Gasteiger partial charge in [-0.2, -0.15) is 11.8 Å². The SMILES string of the molecule is CC(N)c1cnc(C2CCSC2)o1. The highest BCUT2D eigenvalue weighted by Gasteiger charge is 2.22. The van der Waals surface area contributed by atoms with Crippen LogP contribution in [0.4, 0.5) is 0 Å². The van der Waals surface area contributed by atoms with Gasteiger partial charge in [0.1, 0.15) is 5.76 Å². The standard InChI is InChI=1S/C9H14N2OS/c1-6(10)8-4-11-9(12-8)7-2-3-13-5-7/h4,6-7H,2-3,5,10H2,1H3. The minimum absolute atomic E-state index is 0.0460. The van der Waals surface area contributed by atoms with Crippen LogP contribution in [-0.2, 0) is 0 Å². The Hall–Kier alpha value is -0.480. The van der Waals surface area contributed by atoms with Gasteiger partial charge in [0.2, 0.25) is 0 Å². The first kappa shape index (κ1) is 9.09. The Morgan fingerprint density at radius 3 is 3.15 bits per heavy atom. The van der Waals surface area contributed by atoms with Gasteiger partial charge in [-0.05, 0) is 19.1 Å². The van der Waals surface area contributed by atoms with E-state index in [1.54, 1.807) is 6.20 Å². The van der Waals surface area contributed by atoms with Gasteiger partial charge in [-0.25, -0.2) is 4.98 Å². The van der Waals surface area contributed by atoms with Gasteiger partial charge in [0.15, 0.2) is 5.89 Å². The topological polar surface area (TPSA) is 52.0 Å². The maximum Gasteiger partial charge on any atom is 0.198 e. The Bertz CT molecular complexity index is 279. The first-order valence-corrected chi connectivity index (χ1v) is 5.72. The molecule has 0 aliphatic carbocycles. The third-order valence-corrected chi connectivity index (χ3v) is 3.43. The summed E-state index contributed by atoms with van der Waals surface area (Å²) in [6, 6.07) is -0.0460. The van der Waals surface area contributed by atoms with Gasteiger partial charge in [-0.3, -0.25) is 0 Å². The molecule has 2 atom stereocenters. The fourth-order valence-electron chi connectivity index (χ4n) is 1.43. The summed E-state index contributed by atoms with van der Waals surface area (Å²) >= 11 is 1.96. The Kier molecular flexibility index (Phi) is 2.60. The van der Waals surface area contributed by atoms with Crippen molar-refractivity contribution in [3.8, 4) is 0 Å². The quantitative estimate of drug-likeness (QED) is 0.788. The Labute approximate surface area is 82.1 Å². The molecule has 0 bridgehead atoms. The molecule has 1 saturated heterocycles. The summed E-state index contributed by atoms with van der Waals surface area (Å²) < 4.78 is 5.58. The number of hydrogen-bond donors (Lipinski definition) is 1. The number of oxazole rings is 1. The lowest BCUT2D eigenvalue weighted by Crippen LogP contribution is -2.03. The monoisotopic (exact) mass is 198 g/mol. The molecule has 0 saturated carbocycles. The van der Waals surface area contributed by atoms with Crippen molar-refractivity contribution in [2.45, 2.75) is 25.3 Å². The predicted molar refractivity (Wildman–Crippen MR) is 53.8 cm³/mol. The van der Waals surface area contributed by atoms with Crippen molar-refractivity contribution in [1.29, 1.82) is 0 Å². The summed E-state index contributed by atoms with van der Waals surface area (Å²) in [5.74, 6) is 4.54. The normalized spacial score (nSPS) is 24.9. The van der Waals surface area contributed by atoms with E-state index in [9.17, 15) is 0 Å². The molecule has 1 aromatic heterocycles. The van der Waals surface area contributed by atoms with Crippen molar-refractivity contribution < 1.29 is 4.42 Å². The summed E-state index contributed by atoms with van der Waals surface area (Å²) in [4.78, 5) is 4.26. The largest absolute Gasteiger partial charge is 0.444 e. The van der Waals surface area contributed by atoms with Crippen molar-refractivity contribution in [2.24, 2.45) is 5.73 Å². The summed E-state index contributed by atoms with van der Waals surface area (Å²) in [5, 5.41) is 0. The van der Waals surface area contributed by atoms with Gasteiger partial charge in [0.25, 0.3) is 0 Å². The molecule has 0 radical (unpaired) electrons. The fourth-order valence-corrected chi connectivity index (χ4v) is 2.64. The fraction of sp³-hybridized carbons (Fsp3) is 0.667. The van der Waals surface area contributed by atoms with Gasteiger partial charge < -0.3 is 10.2 Å². The Morgan fingerprint density at radius 2 is 2.62 bits per heavy atom.